The van der Waals surface area contributed by atoms with Gasteiger partial charge in [0.2, 0.25) is 5.91 Å². The Bertz CT molecular complexity index is 653. The first-order valence-corrected chi connectivity index (χ1v) is 7.78. The molecule has 0 saturated carbocycles. The molecule has 0 aromatic heterocycles. The van der Waals surface area contributed by atoms with Gasteiger partial charge in [-0.2, -0.15) is 0 Å². The average molecular weight is 311 g/mol. The molecular weight excluding hydrogens is 290 g/mol. The summed E-state index contributed by atoms with van der Waals surface area (Å²) in [5.41, 5.74) is 1.50. The molecule has 1 amide bonds. The summed E-state index contributed by atoms with van der Waals surface area (Å²) in [6.07, 6.45) is 1.83. The van der Waals surface area contributed by atoms with Crippen LogP contribution in [0.5, 0.6) is 5.75 Å². The van der Waals surface area contributed by atoms with Gasteiger partial charge in [-0.3, -0.25) is 9.59 Å². The van der Waals surface area contributed by atoms with E-state index < -0.39 is 0 Å². The van der Waals surface area contributed by atoms with Gasteiger partial charge >= 0.3 is 0 Å². The van der Waals surface area contributed by atoms with Crippen molar-refractivity contribution in [2.24, 2.45) is 0 Å². The molecule has 0 aliphatic carbocycles. The largest absolute Gasteiger partial charge is 0.508 e. The number of phenolic OH excluding ortho intramolecular Hbond substituents is 1. The number of rotatable bonds is 8. The van der Waals surface area contributed by atoms with Crippen LogP contribution in [0.25, 0.3) is 0 Å². The topological polar surface area (TPSA) is 66.4 Å². The van der Waals surface area contributed by atoms with Crippen molar-refractivity contribution in [1.82, 2.24) is 5.32 Å². The maximum absolute atomic E-state index is 11.9. The summed E-state index contributed by atoms with van der Waals surface area (Å²) < 4.78 is 0. The van der Waals surface area contributed by atoms with Gasteiger partial charge in [-0.15, -0.1) is 0 Å². The van der Waals surface area contributed by atoms with Crippen molar-refractivity contribution in [2.45, 2.75) is 25.7 Å². The lowest BCUT2D eigenvalue weighted by molar-refractivity contribution is -0.121. The molecule has 0 saturated heterocycles. The highest BCUT2D eigenvalue weighted by Gasteiger charge is 2.07. The third-order valence-electron chi connectivity index (χ3n) is 3.61. The first-order chi connectivity index (χ1) is 11.2. The Morgan fingerprint density at radius 3 is 2.35 bits per heavy atom. The lowest BCUT2D eigenvalue weighted by atomic mass is 10.1. The van der Waals surface area contributed by atoms with Gasteiger partial charge < -0.3 is 10.4 Å². The molecule has 0 radical (unpaired) electrons. The molecule has 0 heterocycles. The Morgan fingerprint density at radius 2 is 1.61 bits per heavy atom. The second kappa shape index (κ2) is 8.73. The van der Waals surface area contributed by atoms with Gasteiger partial charge in [0.25, 0.3) is 0 Å². The van der Waals surface area contributed by atoms with Crippen molar-refractivity contribution in [3.63, 3.8) is 0 Å². The lowest BCUT2D eigenvalue weighted by Crippen LogP contribution is -2.25. The average Bonchev–Trinajstić information content (AvgIpc) is 2.57. The van der Waals surface area contributed by atoms with Crippen LogP contribution in [0.4, 0.5) is 0 Å². The zero-order chi connectivity index (χ0) is 16.5. The summed E-state index contributed by atoms with van der Waals surface area (Å²) in [5.74, 6) is 0.240. The maximum atomic E-state index is 11.9. The molecule has 0 aliphatic heterocycles. The number of Topliss-reactive ketones (excluding diaryl/α,β-unsaturated/α-hetero) is 1. The molecule has 0 atom stereocenters. The Balaban J connectivity index is 1.64. The molecule has 2 aromatic rings. The van der Waals surface area contributed by atoms with Crippen molar-refractivity contribution >= 4 is 11.7 Å². The fourth-order valence-corrected chi connectivity index (χ4v) is 2.33. The standard InChI is InChI=1S/C19H21NO3/c21-17-10-5-4-9-16(17)13-14-20-19(23)12-6-11-18(22)15-7-2-1-3-8-15/h1-5,7-10,21H,6,11-14H2,(H,20,23). The van der Waals surface area contributed by atoms with E-state index in [2.05, 4.69) is 5.32 Å². The summed E-state index contributed by atoms with van der Waals surface area (Å²) >= 11 is 0. The van der Waals surface area contributed by atoms with Crippen LogP contribution in [0, 0.1) is 0 Å². The number of ketones is 1. The maximum Gasteiger partial charge on any atom is 0.220 e. The van der Waals surface area contributed by atoms with E-state index in [1.54, 1.807) is 24.3 Å². The van der Waals surface area contributed by atoms with E-state index in [-0.39, 0.29) is 17.4 Å². The van der Waals surface area contributed by atoms with Gasteiger partial charge in [0, 0.05) is 24.9 Å². The quantitative estimate of drug-likeness (QED) is 0.736. The smallest absolute Gasteiger partial charge is 0.220 e. The number of benzene rings is 2. The van der Waals surface area contributed by atoms with Crippen LogP contribution < -0.4 is 5.32 Å². The Morgan fingerprint density at radius 1 is 0.913 bits per heavy atom. The molecule has 0 unspecified atom stereocenters. The summed E-state index contributed by atoms with van der Waals surface area (Å²) in [7, 11) is 0. The highest BCUT2D eigenvalue weighted by Crippen LogP contribution is 2.15. The molecule has 0 fully saturated rings. The molecule has 23 heavy (non-hydrogen) atoms. The molecule has 120 valence electrons. The lowest BCUT2D eigenvalue weighted by Gasteiger charge is -2.06. The van der Waals surface area contributed by atoms with Crippen LogP contribution >= 0.6 is 0 Å². The molecule has 4 nitrogen and oxygen atoms in total. The third kappa shape index (κ3) is 5.58. The van der Waals surface area contributed by atoms with E-state index in [1.807, 2.05) is 30.3 Å². The molecule has 2 rings (SSSR count). The Labute approximate surface area is 136 Å². The second-order valence-electron chi connectivity index (χ2n) is 5.37. The van der Waals surface area contributed by atoms with Crippen LogP contribution in [-0.4, -0.2) is 23.3 Å². The number of para-hydroxylation sites is 1. The number of aromatic hydroxyl groups is 1. The van der Waals surface area contributed by atoms with Gasteiger partial charge in [-0.25, -0.2) is 0 Å². The van der Waals surface area contributed by atoms with E-state index in [0.717, 1.165) is 5.56 Å². The molecule has 0 aliphatic rings. The number of amides is 1. The molecule has 4 heteroatoms. The molecule has 0 spiro atoms. The van der Waals surface area contributed by atoms with Gasteiger partial charge in [-0.1, -0.05) is 48.5 Å². The molecule has 2 aromatic carbocycles. The fourth-order valence-electron chi connectivity index (χ4n) is 2.33. The highest BCUT2D eigenvalue weighted by molar-refractivity contribution is 5.96. The van der Waals surface area contributed by atoms with E-state index in [1.165, 1.54) is 0 Å². The predicted molar refractivity (Wildman–Crippen MR) is 89.4 cm³/mol. The van der Waals surface area contributed by atoms with Gasteiger partial charge in [0.15, 0.2) is 5.78 Å². The van der Waals surface area contributed by atoms with Crippen LogP contribution in [-0.2, 0) is 11.2 Å². The summed E-state index contributed by atoms with van der Waals surface area (Å²) in [6.45, 7) is 0.475. The molecule has 0 bridgehead atoms. The minimum atomic E-state index is -0.0683. The summed E-state index contributed by atoms with van der Waals surface area (Å²) in [5, 5.41) is 12.4. The first-order valence-electron chi connectivity index (χ1n) is 7.78. The number of phenols is 1. The number of hydrogen-bond donors (Lipinski definition) is 2. The van der Waals surface area contributed by atoms with Crippen molar-refractivity contribution in [3.8, 4) is 5.75 Å². The Kier molecular flexibility index (Phi) is 6.36. The number of hydrogen-bond acceptors (Lipinski definition) is 3. The fraction of sp³-hybridized carbons (Fsp3) is 0.263. The van der Waals surface area contributed by atoms with Gasteiger partial charge in [0.05, 0.1) is 0 Å². The van der Waals surface area contributed by atoms with Crippen LogP contribution in [0.3, 0.4) is 0 Å². The van der Waals surface area contributed by atoms with E-state index in [0.29, 0.717) is 37.8 Å². The number of carbonyl (C=O) groups is 2. The number of nitrogens with one attached hydrogen (secondary N) is 1. The van der Waals surface area contributed by atoms with Gasteiger partial charge in [-0.05, 0) is 24.5 Å². The van der Waals surface area contributed by atoms with E-state index in [9.17, 15) is 14.7 Å². The van der Waals surface area contributed by atoms with Gasteiger partial charge in [0.1, 0.15) is 5.75 Å². The van der Waals surface area contributed by atoms with Crippen molar-refractivity contribution in [2.75, 3.05) is 6.54 Å². The van der Waals surface area contributed by atoms with Crippen LogP contribution in [0.2, 0.25) is 0 Å². The SMILES string of the molecule is O=C(CCCC(=O)c1ccccc1)NCCc1ccccc1O. The van der Waals surface area contributed by atoms with Crippen LogP contribution in [0.1, 0.15) is 35.2 Å². The van der Waals surface area contributed by atoms with Crippen molar-refractivity contribution < 1.29 is 14.7 Å². The normalized spacial score (nSPS) is 10.3. The van der Waals surface area contributed by atoms with Crippen molar-refractivity contribution in [1.29, 1.82) is 0 Å². The Hall–Kier alpha value is -2.62. The van der Waals surface area contributed by atoms with E-state index in [4.69, 9.17) is 0 Å². The first kappa shape index (κ1) is 16.7. The monoisotopic (exact) mass is 311 g/mol. The minimum absolute atomic E-state index is 0.0626. The summed E-state index contributed by atoms with van der Waals surface area (Å²) in [4.78, 5) is 23.7. The van der Waals surface area contributed by atoms with Crippen LogP contribution in [0.15, 0.2) is 54.6 Å². The predicted octanol–water partition coefficient (Wildman–Crippen LogP) is 3.10. The third-order valence-corrected chi connectivity index (χ3v) is 3.61. The zero-order valence-electron chi connectivity index (χ0n) is 13.0. The molecule has 2 N–H and O–H groups in total. The summed E-state index contributed by atoms with van der Waals surface area (Å²) in [6, 6.07) is 16.2. The zero-order valence-corrected chi connectivity index (χ0v) is 13.0. The second-order valence-corrected chi connectivity index (χ2v) is 5.37. The van der Waals surface area contributed by atoms with Crippen molar-refractivity contribution in [3.05, 3.63) is 65.7 Å². The minimum Gasteiger partial charge on any atom is -0.508 e. The number of carbonyl (C=O) groups excluding carboxylic acids is 2. The highest BCUT2D eigenvalue weighted by atomic mass is 16.3. The molecular formula is C19H21NO3. The van der Waals surface area contributed by atoms with E-state index >= 15 is 0 Å².